The van der Waals surface area contributed by atoms with E-state index in [-0.39, 0.29) is 17.9 Å². The van der Waals surface area contributed by atoms with Crippen LogP contribution in [0.1, 0.15) is 25.7 Å². The Morgan fingerprint density at radius 3 is 2.71 bits per heavy atom. The van der Waals surface area contributed by atoms with Crippen molar-refractivity contribution in [2.24, 2.45) is 23.5 Å². The molecule has 0 aromatic heterocycles. The maximum Gasteiger partial charge on any atom is 0.224 e. The highest BCUT2D eigenvalue weighted by Gasteiger charge is 2.48. The van der Waals surface area contributed by atoms with E-state index in [4.69, 9.17) is 10.5 Å². The maximum atomic E-state index is 12.2. The molecule has 114 valence electrons. The molecule has 1 amide bonds. The van der Waals surface area contributed by atoms with E-state index < -0.39 is 0 Å². The number of fused-ring (bicyclic) bond motifs is 2. The topological polar surface area (TPSA) is 64.4 Å². The Bertz CT molecular complexity index is 475. The number of hydrogen-bond donors (Lipinski definition) is 2. The summed E-state index contributed by atoms with van der Waals surface area (Å²) in [6, 6.07) is 9.82. The van der Waals surface area contributed by atoms with Crippen molar-refractivity contribution < 1.29 is 9.53 Å². The van der Waals surface area contributed by atoms with Crippen molar-refractivity contribution in [3.05, 3.63) is 30.3 Å². The fraction of sp³-hybridized carbons (Fsp3) is 0.588. The molecule has 4 heteroatoms. The van der Waals surface area contributed by atoms with Crippen LogP contribution in [0.25, 0.3) is 0 Å². The molecule has 2 saturated carbocycles. The molecule has 1 aromatic carbocycles. The summed E-state index contributed by atoms with van der Waals surface area (Å²) >= 11 is 0. The van der Waals surface area contributed by atoms with E-state index in [1.807, 2.05) is 30.3 Å². The number of hydrogen-bond acceptors (Lipinski definition) is 3. The van der Waals surface area contributed by atoms with Crippen LogP contribution < -0.4 is 15.8 Å². The van der Waals surface area contributed by atoms with Gasteiger partial charge >= 0.3 is 0 Å². The number of nitrogens with two attached hydrogens (primary N) is 1. The van der Waals surface area contributed by atoms with Gasteiger partial charge in [-0.15, -0.1) is 0 Å². The lowest BCUT2D eigenvalue weighted by molar-refractivity contribution is -0.127. The van der Waals surface area contributed by atoms with Gasteiger partial charge in [0.05, 0.1) is 12.5 Å². The van der Waals surface area contributed by atoms with Gasteiger partial charge in [0.15, 0.2) is 0 Å². The van der Waals surface area contributed by atoms with E-state index in [0.29, 0.717) is 25.0 Å². The standard InChI is InChI=1S/C17H24N2O2/c18-16-13-8-7-12(11-13)15(16)17(20)19-9-4-10-21-14-5-2-1-3-6-14/h1-3,5-6,12-13,15-16H,4,7-11,18H2,(H,19,20). The summed E-state index contributed by atoms with van der Waals surface area (Å²) in [5, 5.41) is 3.03. The molecule has 0 heterocycles. The fourth-order valence-electron chi connectivity index (χ4n) is 3.83. The molecule has 4 nitrogen and oxygen atoms in total. The van der Waals surface area contributed by atoms with Gasteiger partial charge in [-0.1, -0.05) is 18.2 Å². The first kappa shape index (κ1) is 14.4. The molecule has 0 spiro atoms. The lowest BCUT2D eigenvalue weighted by Gasteiger charge is -2.27. The molecule has 0 saturated heterocycles. The zero-order valence-corrected chi connectivity index (χ0v) is 12.3. The lowest BCUT2D eigenvalue weighted by Crippen LogP contribution is -2.45. The number of para-hydroxylation sites is 1. The third kappa shape index (κ3) is 3.21. The van der Waals surface area contributed by atoms with E-state index >= 15 is 0 Å². The Morgan fingerprint density at radius 2 is 2.00 bits per heavy atom. The Kier molecular flexibility index (Phi) is 4.44. The van der Waals surface area contributed by atoms with Crippen molar-refractivity contribution in [2.75, 3.05) is 13.2 Å². The number of amides is 1. The Morgan fingerprint density at radius 1 is 1.24 bits per heavy atom. The molecule has 21 heavy (non-hydrogen) atoms. The monoisotopic (exact) mass is 288 g/mol. The van der Waals surface area contributed by atoms with Gasteiger partial charge in [-0.3, -0.25) is 4.79 Å². The molecule has 2 aliphatic carbocycles. The van der Waals surface area contributed by atoms with Gasteiger partial charge in [0.25, 0.3) is 0 Å². The highest BCUT2D eigenvalue weighted by molar-refractivity contribution is 5.80. The molecule has 2 aliphatic rings. The van der Waals surface area contributed by atoms with Gasteiger partial charge < -0.3 is 15.8 Å². The second-order valence-corrected chi connectivity index (χ2v) is 6.24. The van der Waals surface area contributed by atoms with Crippen LogP contribution in [-0.2, 0) is 4.79 Å². The number of ether oxygens (including phenoxy) is 1. The zero-order valence-electron chi connectivity index (χ0n) is 12.3. The van der Waals surface area contributed by atoms with Crippen molar-refractivity contribution in [1.29, 1.82) is 0 Å². The molecular weight excluding hydrogens is 264 g/mol. The first-order valence-corrected chi connectivity index (χ1v) is 7.97. The van der Waals surface area contributed by atoms with Crippen molar-refractivity contribution >= 4 is 5.91 Å². The van der Waals surface area contributed by atoms with E-state index in [1.165, 1.54) is 12.8 Å². The number of carbonyl (C=O) groups excluding carboxylic acids is 1. The van der Waals surface area contributed by atoms with Crippen molar-refractivity contribution in [1.82, 2.24) is 5.32 Å². The molecule has 0 radical (unpaired) electrons. The third-order valence-electron chi connectivity index (χ3n) is 4.92. The summed E-state index contributed by atoms with van der Waals surface area (Å²) in [5.41, 5.74) is 6.19. The number of nitrogens with one attached hydrogen (secondary N) is 1. The predicted octanol–water partition coefficient (Wildman–Crippen LogP) is 1.95. The number of carbonyl (C=O) groups is 1. The van der Waals surface area contributed by atoms with Crippen LogP contribution in [0.5, 0.6) is 5.75 Å². The molecule has 4 unspecified atom stereocenters. The van der Waals surface area contributed by atoms with Crippen molar-refractivity contribution in [3.63, 3.8) is 0 Å². The van der Waals surface area contributed by atoms with Gasteiger partial charge in [0, 0.05) is 12.6 Å². The lowest BCUT2D eigenvalue weighted by atomic mass is 9.84. The molecule has 1 aromatic rings. The van der Waals surface area contributed by atoms with E-state index in [9.17, 15) is 4.79 Å². The van der Waals surface area contributed by atoms with Crippen molar-refractivity contribution in [2.45, 2.75) is 31.7 Å². The van der Waals surface area contributed by atoms with Crippen LogP contribution >= 0.6 is 0 Å². The van der Waals surface area contributed by atoms with Crippen LogP contribution in [0.15, 0.2) is 30.3 Å². The summed E-state index contributed by atoms with van der Waals surface area (Å²) in [6.07, 6.45) is 4.35. The van der Waals surface area contributed by atoms with Crippen LogP contribution in [0, 0.1) is 17.8 Å². The third-order valence-corrected chi connectivity index (χ3v) is 4.92. The highest BCUT2D eigenvalue weighted by atomic mass is 16.5. The summed E-state index contributed by atoms with van der Waals surface area (Å²) in [5.74, 6) is 2.16. The summed E-state index contributed by atoms with van der Waals surface area (Å²) in [6.45, 7) is 1.28. The quantitative estimate of drug-likeness (QED) is 0.786. The van der Waals surface area contributed by atoms with Crippen LogP contribution in [0.3, 0.4) is 0 Å². The molecule has 3 rings (SSSR count). The summed E-state index contributed by atoms with van der Waals surface area (Å²) in [7, 11) is 0. The first-order valence-electron chi connectivity index (χ1n) is 7.97. The Labute approximate surface area is 126 Å². The largest absolute Gasteiger partial charge is 0.494 e. The predicted molar refractivity (Wildman–Crippen MR) is 81.9 cm³/mol. The molecule has 2 bridgehead atoms. The van der Waals surface area contributed by atoms with E-state index in [0.717, 1.165) is 18.6 Å². The van der Waals surface area contributed by atoms with Gasteiger partial charge in [0.2, 0.25) is 5.91 Å². The average Bonchev–Trinajstić information content (AvgIpc) is 3.08. The summed E-state index contributed by atoms with van der Waals surface area (Å²) < 4.78 is 5.61. The van der Waals surface area contributed by atoms with Crippen molar-refractivity contribution in [3.8, 4) is 5.75 Å². The minimum absolute atomic E-state index is 0.0405. The molecule has 0 aliphatic heterocycles. The maximum absolute atomic E-state index is 12.2. The second-order valence-electron chi connectivity index (χ2n) is 6.24. The molecule has 4 atom stereocenters. The Balaban J connectivity index is 1.35. The summed E-state index contributed by atoms with van der Waals surface area (Å²) in [4.78, 5) is 12.2. The fourth-order valence-corrected chi connectivity index (χ4v) is 3.83. The molecule has 2 fully saturated rings. The Hall–Kier alpha value is -1.55. The van der Waals surface area contributed by atoms with Crippen LogP contribution in [-0.4, -0.2) is 25.1 Å². The molecule has 3 N–H and O–H groups in total. The normalized spacial score (nSPS) is 30.3. The first-order chi connectivity index (χ1) is 10.3. The van der Waals surface area contributed by atoms with Gasteiger partial charge in [-0.2, -0.15) is 0 Å². The van der Waals surface area contributed by atoms with Gasteiger partial charge in [-0.25, -0.2) is 0 Å². The minimum atomic E-state index is 0.0405. The van der Waals surface area contributed by atoms with Gasteiger partial charge in [0.1, 0.15) is 5.75 Å². The smallest absolute Gasteiger partial charge is 0.224 e. The highest BCUT2D eigenvalue weighted by Crippen LogP contribution is 2.47. The number of rotatable bonds is 6. The van der Waals surface area contributed by atoms with E-state index in [2.05, 4.69) is 5.32 Å². The van der Waals surface area contributed by atoms with Crippen LogP contribution in [0.4, 0.5) is 0 Å². The van der Waals surface area contributed by atoms with Gasteiger partial charge in [-0.05, 0) is 49.7 Å². The van der Waals surface area contributed by atoms with Crippen LogP contribution in [0.2, 0.25) is 0 Å². The zero-order chi connectivity index (χ0) is 14.7. The average molecular weight is 288 g/mol. The number of benzene rings is 1. The SMILES string of the molecule is NC1C2CCC(C2)C1C(=O)NCCCOc1ccccc1. The van der Waals surface area contributed by atoms with E-state index in [1.54, 1.807) is 0 Å². The minimum Gasteiger partial charge on any atom is -0.494 e. The second kappa shape index (κ2) is 6.48. The molecular formula is C17H24N2O2.